The van der Waals surface area contributed by atoms with E-state index >= 15 is 0 Å². The average Bonchev–Trinajstić information content (AvgIpc) is 2.54. The van der Waals surface area contributed by atoms with Gasteiger partial charge in [-0.15, -0.1) is 0 Å². The lowest BCUT2D eigenvalue weighted by atomic mass is 9.98. The smallest absolute Gasteiger partial charge is 0.162 e. The predicted molar refractivity (Wildman–Crippen MR) is 86.3 cm³/mol. The molecule has 0 aliphatic rings. The van der Waals surface area contributed by atoms with Crippen molar-refractivity contribution in [3.63, 3.8) is 0 Å². The molecule has 0 bridgehead atoms. The fraction of sp³-hybridized carbons (Fsp3) is 0.316. The Bertz CT molecular complexity index is 616. The van der Waals surface area contributed by atoms with Gasteiger partial charge in [0.2, 0.25) is 0 Å². The van der Waals surface area contributed by atoms with Gasteiger partial charge in [0.25, 0.3) is 0 Å². The van der Waals surface area contributed by atoms with Crippen LogP contribution in [-0.2, 0) is 0 Å². The van der Waals surface area contributed by atoms with Crippen LogP contribution in [0.2, 0.25) is 0 Å². The molecule has 21 heavy (non-hydrogen) atoms. The molecule has 0 saturated carbocycles. The Morgan fingerprint density at radius 3 is 2.57 bits per heavy atom. The van der Waals surface area contributed by atoms with Gasteiger partial charge in [0.15, 0.2) is 5.78 Å². The van der Waals surface area contributed by atoms with Gasteiger partial charge in [0.05, 0.1) is 0 Å². The lowest BCUT2D eigenvalue weighted by molar-refractivity contribution is 0.0988. The van der Waals surface area contributed by atoms with Crippen molar-refractivity contribution in [1.29, 1.82) is 0 Å². The van der Waals surface area contributed by atoms with E-state index in [2.05, 4.69) is 19.9 Å². The number of ketones is 1. The fourth-order valence-electron chi connectivity index (χ4n) is 2.26. The van der Waals surface area contributed by atoms with Crippen LogP contribution in [0.5, 0.6) is 11.5 Å². The van der Waals surface area contributed by atoms with Crippen molar-refractivity contribution < 1.29 is 9.53 Å². The van der Waals surface area contributed by atoms with Gasteiger partial charge < -0.3 is 4.74 Å². The molecule has 2 aromatic carbocycles. The number of carbonyl (C=O) groups is 1. The summed E-state index contributed by atoms with van der Waals surface area (Å²) in [6, 6.07) is 15.5. The largest absolute Gasteiger partial charge is 0.457 e. The maximum Gasteiger partial charge on any atom is 0.162 e. The lowest BCUT2D eigenvalue weighted by Gasteiger charge is -2.15. The molecule has 2 heteroatoms. The van der Waals surface area contributed by atoms with Crippen LogP contribution in [0.1, 0.15) is 55.5 Å². The number of hydrogen-bond acceptors (Lipinski definition) is 2. The number of Topliss-reactive ketones (excluding diaryl/α,β-unsaturated/α-hetero) is 1. The summed E-state index contributed by atoms with van der Waals surface area (Å²) in [6.07, 6.45) is 1.57. The summed E-state index contributed by atoms with van der Waals surface area (Å²) in [5, 5.41) is 0. The molecule has 2 rings (SSSR count). The Kier molecular flexibility index (Phi) is 5.15. The summed E-state index contributed by atoms with van der Waals surface area (Å²) in [6.45, 7) is 6.23. The summed E-state index contributed by atoms with van der Waals surface area (Å²) in [5.41, 5.74) is 1.91. The molecule has 110 valence electrons. The highest BCUT2D eigenvalue weighted by atomic mass is 16.5. The van der Waals surface area contributed by atoms with Gasteiger partial charge in [-0.3, -0.25) is 4.79 Å². The summed E-state index contributed by atoms with van der Waals surface area (Å²) in [4.78, 5) is 11.8. The minimum atomic E-state index is 0.135. The normalized spacial score (nSPS) is 12.0. The van der Waals surface area contributed by atoms with Gasteiger partial charge in [-0.05, 0) is 36.1 Å². The van der Waals surface area contributed by atoms with Crippen LogP contribution in [0.25, 0.3) is 0 Å². The standard InChI is InChI=1S/C19H22O2/c1-4-14(3)17-11-6-7-12-19(17)21-16-10-8-9-15(13-16)18(20)5-2/h6-14H,4-5H2,1-3H3. The monoisotopic (exact) mass is 282 g/mol. The molecule has 0 aliphatic carbocycles. The zero-order valence-electron chi connectivity index (χ0n) is 12.9. The molecule has 0 aromatic heterocycles. The molecule has 0 radical (unpaired) electrons. The second-order valence-corrected chi connectivity index (χ2v) is 5.25. The van der Waals surface area contributed by atoms with E-state index in [1.807, 2.05) is 49.4 Å². The zero-order valence-corrected chi connectivity index (χ0v) is 12.9. The van der Waals surface area contributed by atoms with Gasteiger partial charge in [0.1, 0.15) is 11.5 Å². The molecule has 0 amide bonds. The number of carbonyl (C=O) groups excluding carboxylic acids is 1. The summed E-state index contributed by atoms with van der Waals surface area (Å²) in [5.74, 6) is 2.16. The molecule has 1 atom stereocenters. The zero-order chi connectivity index (χ0) is 15.2. The van der Waals surface area contributed by atoms with E-state index in [0.29, 0.717) is 23.7 Å². The maximum absolute atomic E-state index is 11.8. The van der Waals surface area contributed by atoms with Crippen LogP contribution in [0, 0.1) is 0 Å². The van der Waals surface area contributed by atoms with Gasteiger partial charge >= 0.3 is 0 Å². The van der Waals surface area contributed by atoms with E-state index in [-0.39, 0.29) is 5.78 Å². The first-order chi connectivity index (χ1) is 10.2. The number of hydrogen-bond donors (Lipinski definition) is 0. The van der Waals surface area contributed by atoms with Crippen molar-refractivity contribution in [1.82, 2.24) is 0 Å². The highest BCUT2D eigenvalue weighted by molar-refractivity contribution is 5.96. The van der Waals surface area contributed by atoms with Gasteiger partial charge in [-0.1, -0.05) is 51.1 Å². The number of ether oxygens (including phenoxy) is 1. The van der Waals surface area contributed by atoms with Crippen LogP contribution in [0.3, 0.4) is 0 Å². The first-order valence-corrected chi connectivity index (χ1v) is 7.55. The van der Waals surface area contributed by atoms with Gasteiger partial charge in [-0.25, -0.2) is 0 Å². The molecule has 2 aromatic rings. The van der Waals surface area contributed by atoms with Crippen molar-refractivity contribution in [2.45, 2.75) is 39.5 Å². The van der Waals surface area contributed by atoms with E-state index < -0.39 is 0 Å². The van der Waals surface area contributed by atoms with Crippen LogP contribution >= 0.6 is 0 Å². The molecule has 0 heterocycles. The van der Waals surface area contributed by atoms with Crippen LogP contribution in [0.4, 0.5) is 0 Å². The SMILES string of the molecule is CCC(=O)c1cccc(Oc2ccccc2C(C)CC)c1. The van der Waals surface area contributed by atoms with E-state index in [1.165, 1.54) is 5.56 Å². The second kappa shape index (κ2) is 7.07. The Morgan fingerprint density at radius 1 is 1.10 bits per heavy atom. The average molecular weight is 282 g/mol. The van der Waals surface area contributed by atoms with E-state index in [0.717, 1.165) is 12.2 Å². The number of benzene rings is 2. The Labute approximate surface area is 126 Å². The van der Waals surface area contributed by atoms with Crippen LogP contribution < -0.4 is 4.74 Å². The van der Waals surface area contributed by atoms with Crippen molar-refractivity contribution >= 4 is 5.78 Å². The topological polar surface area (TPSA) is 26.3 Å². The summed E-state index contributed by atoms with van der Waals surface area (Å²) >= 11 is 0. The molecule has 0 fully saturated rings. The third-order valence-corrected chi connectivity index (χ3v) is 3.77. The number of rotatable bonds is 6. The highest BCUT2D eigenvalue weighted by Gasteiger charge is 2.11. The predicted octanol–water partition coefficient (Wildman–Crippen LogP) is 5.59. The Hall–Kier alpha value is -2.09. The highest BCUT2D eigenvalue weighted by Crippen LogP contribution is 2.32. The van der Waals surface area contributed by atoms with Gasteiger partial charge in [0, 0.05) is 12.0 Å². The molecule has 2 nitrogen and oxygen atoms in total. The molecule has 0 spiro atoms. The van der Waals surface area contributed by atoms with E-state index in [9.17, 15) is 4.79 Å². The summed E-state index contributed by atoms with van der Waals surface area (Å²) < 4.78 is 6.02. The molecule has 0 aliphatic heterocycles. The quantitative estimate of drug-likeness (QED) is 0.646. The van der Waals surface area contributed by atoms with Crippen molar-refractivity contribution in [3.8, 4) is 11.5 Å². The third kappa shape index (κ3) is 3.72. The third-order valence-electron chi connectivity index (χ3n) is 3.77. The van der Waals surface area contributed by atoms with Crippen LogP contribution in [-0.4, -0.2) is 5.78 Å². The molecule has 1 unspecified atom stereocenters. The van der Waals surface area contributed by atoms with Crippen molar-refractivity contribution in [2.24, 2.45) is 0 Å². The van der Waals surface area contributed by atoms with Crippen molar-refractivity contribution in [2.75, 3.05) is 0 Å². The maximum atomic E-state index is 11.8. The Morgan fingerprint density at radius 2 is 1.86 bits per heavy atom. The fourth-order valence-corrected chi connectivity index (χ4v) is 2.26. The van der Waals surface area contributed by atoms with Gasteiger partial charge in [-0.2, -0.15) is 0 Å². The molecule has 0 saturated heterocycles. The van der Waals surface area contributed by atoms with Crippen LogP contribution in [0.15, 0.2) is 48.5 Å². The molecule has 0 N–H and O–H groups in total. The minimum Gasteiger partial charge on any atom is -0.457 e. The lowest BCUT2D eigenvalue weighted by Crippen LogP contribution is -1.98. The van der Waals surface area contributed by atoms with Crippen molar-refractivity contribution in [3.05, 3.63) is 59.7 Å². The molecular weight excluding hydrogens is 260 g/mol. The molecular formula is C19H22O2. The minimum absolute atomic E-state index is 0.135. The first kappa shape index (κ1) is 15.3. The van der Waals surface area contributed by atoms with E-state index in [4.69, 9.17) is 4.74 Å². The summed E-state index contributed by atoms with van der Waals surface area (Å²) in [7, 11) is 0. The first-order valence-electron chi connectivity index (χ1n) is 7.55. The second-order valence-electron chi connectivity index (χ2n) is 5.25. The van der Waals surface area contributed by atoms with E-state index in [1.54, 1.807) is 0 Å². The Balaban J connectivity index is 2.28. The number of para-hydroxylation sites is 1.